The third-order valence-corrected chi connectivity index (χ3v) is 4.64. The van der Waals surface area contributed by atoms with E-state index in [0.29, 0.717) is 6.61 Å². The Bertz CT molecular complexity index is 740. The van der Waals surface area contributed by atoms with Crippen molar-refractivity contribution >= 4 is 5.90 Å². The van der Waals surface area contributed by atoms with Crippen molar-refractivity contribution in [3.8, 4) is 11.1 Å². The topological polar surface area (TPSA) is 50.3 Å². The molecular weight excluding hydrogens is 262 g/mol. The molecule has 0 saturated carbocycles. The number of benzene rings is 1. The molecule has 0 bridgehead atoms. The summed E-state index contributed by atoms with van der Waals surface area (Å²) in [4.78, 5) is 4.77. The van der Waals surface area contributed by atoms with Crippen molar-refractivity contribution in [3.63, 3.8) is 0 Å². The van der Waals surface area contributed by atoms with Gasteiger partial charge in [-0.05, 0) is 30.5 Å². The number of hydrogen-bond acceptors (Lipinski definition) is 3. The maximum atomic E-state index is 5.63. The summed E-state index contributed by atoms with van der Waals surface area (Å²) < 4.78 is 5.63. The van der Waals surface area contributed by atoms with Crippen molar-refractivity contribution < 1.29 is 4.74 Å². The predicted molar refractivity (Wildman–Crippen MR) is 82.7 cm³/mol. The van der Waals surface area contributed by atoms with Crippen LogP contribution in [0.2, 0.25) is 0 Å². The lowest BCUT2D eigenvalue weighted by molar-refractivity contribution is 0.259. The maximum Gasteiger partial charge on any atom is 0.180 e. The van der Waals surface area contributed by atoms with Crippen LogP contribution >= 0.6 is 0 Å². The molecule has 1 aromatic carbocycles. The highest BCUT2D eigenvalue weighted by Crippen LogP contribution is 2.41. The van der Waals surface area contributed by atoms with Crippen LogP contribution in [0.5, 0.6) is 0 Å². The van der Waals surface area contributed by atoms with Gasteiger partial charge in [-0.25, -0.2) is 4.99 Å². The van der Waals surface area contributed by atoms with E-state index in [1.54, 1.807) is 0 Å². The van der Waals surface area contributed by atoms with Crippen LogP contribution in [0, 0.1) is 13.8 Å². The Kier molecular flexibility index (Phi) is 2.52. The minimum atomic E-state index is -0.0753. The number of ether oxygens (including phenoxy) is 1. The fraction of sp³-hybridized carbons (Fsp3) is 0.412. The fourth-order valence-electron chi connectivity index (χ4n) is 3.76. The lowest BCUT2D eigenvalue weighted by Gasteiger charge is -2.16. The minimum Gasteiger partial charge on any atom is -0.479 e. The van der Waals surface area contributed by atoms with Gasteiger partial charge in [0.2, 0.25) is 0 Å². The third-order valence-electron chi connectivity index (χ3n) is 4.64. The molecule has 4 heteroatoms. The molecule has 1 spiro atoms. The smallest absolute Gasteiger partial charge is 0.180 e. The SMILES string of the molecule is CC1=NC2(CO1)Cc1cccc(-c3c(C)n[nH]c3C)c1C2. The van der Waals surface area contributed by atoms with E-state index < -0.39 is 0 Å². The van der Waals surface area contributed by atoms with Gasteiger partial charge in [-0.15, -0.1) is 0 Å². The molecule has 21 heavy (non-hydrogen) atoms. The van der Waals surface area contributed by atoms with E-state index in [4.69, 9.17) is 9.73 Å². The molecule has 1 unspecified atom stereocenters. The van der Waals surface area contributed by atoms with Crippen LogP contribution in [0.25, 0.3) is 11.1 Å². The lowest BCUT2D eigenvalue weighted by Crippen LogP contribution is -2.28. The Morgan fingerprint density at radius 2 is 2.05 bits per heavy atom. The van der Waals surface area contributed by atoms with E-state index in [0.717, 1.165) is 30.1 Å². The first-order valence-corrected chi connectivity index (χ1v) is 7.40. The molecule has 0 radical (unpaired) electrons. The number of nitrogens with one attached hydrogen (secondary N) is 1. The molecule has 0 saturated heterocycles. The first kappa shape index (κ1) is 12.6. The first-order valence-electron chi connectivity index (χ1n) is 7.40. The molecule has 2 aliphatic rings. The Labute approximate surface area is 124 Å². The molecule has 1 N–H and O–H groups in total. The van der Waals surface area contributed by atoms with E-state index in [2.05, 4.69) is 42.2 Å². The number of aryl methyl sites for hydroxylation is 2. The average molecular weight is 281 g/mol. The minimum absolute atomic E-state index is 0.0753. The van der Waals surface area contributed by atoms with Crippen LogP contribution in [0.3, 0.4) is 0 Å². The summed E-state index contributed by atoms with van der Waals surface area (Å²) >= 11 is 0. The summed E-state index contributed by atoms with van der Waals surface area (Å²) in [5.74, 6) is 0.819. The van der Waals surface area contributed by atoms with Gasteiger partial charge in [0, 0.05) is 31.0 Å². The molecule has 4 rings (SSSR count). The standard InChI is InChI=1S/C17H19N3O/c1-10-16(11(2)20-19-10)14-6-4-5-13-7-17(8-15(13)14)9-21-12(3)18-17/h4-6H,7-9H2,1-3H3,(H,19,20). The normalized spacial score (nSPS) is 23.3. The highest BCUT2D eigenvalue weighted by Gasteiger charge is 2.42. The second-order valence-electron chi connectivity index (χ2n) is 6.25. The molecule has 1 aliphatic heterocycles. The number of rotatable bonds is 1. The van der Waals surface area contributed by atoms with Crippen LogP contribution in [-0.4, -0.2) is 28.2 Å². The van der Waals surface area contributed by atoms with Crippen LogP contribution in [0.4, 0.5) is 0 Å². The Morgan fingerprint density at radius 3 is 2.71 bits per heavy atom. The van der Waals surface area contributed by atoms with Gasteiger partial charge in [-0.1, -0.05) is 18.2 Å². The molecule has 1 atom stereocenters. The van der Waals surface area contributed by atoms with Crippen LogP contribution in [-0.2, 0) is 17.6 Å². The average Bonchev–Trinajstić information content (AvgIpc) is 3.09. The summed E-state index contributed by atoms with van der Waals surface area (Å²) in [6.45, 7) is 6.80. The Morgan fingerprint density at radius 1 is 1.19 bits per heavy atom. The zero-order valence-corrected chi connectivity index (χ0v) is 12.7. The quantitative estimate of drug-likeness (QED) is 0.873. The fourth-order valence-corrected chi connectivity index (χ4v) is 3.76. The van der Waals surface area contributed by atoms with Crippen molar-refractivity contribution in [2.75, 3.05) is 6.61 Å². The third kappa shape index (κ3) is 1.82. The highest BCUT2D eigenvalue weighted by molar-refractivity contribution is 5.77. The summed E-state index contributed by atoms with van der Waals surface area (Å²) in [6.07, 6.45) is 1.93. The zero-order chi connectivity index (χ0) is 14.6. The highest BCUT2D eigenvalue weighted by atomic mass is 16.5. The summed E-state index contributed by atoms with van der Waals surface area (Å²) in [5.41, 5.74) is 7.46. The van der Waals surface area contributed by atoms with Gasteiger partial charge in [0.15, 0.2) is 5.90 Å². The molecule has 0 amide bonds. The lowest BCUT2D eigenvalue weighted by atomic mass is 9.94. The van der Waals surface area contributed by atoms with Gasteiger partial charge in [-0.2, -0.15) is 5.10 Å². The molecule has 1 aliphatic carbocycles. The largest absolute Gasteiger partial charge is 0.479 e. The second kappa shape index (κ2) is 4.20. The van der Waals surface area contributed by atoms with Gasteiger partial charge in [0.1, 0.15) is 12.1 Å². The number of aliphatic imine (C=N–C) groups is 1. The van der Waals surface area contributed by atoms with E-state index >= 15 is 0 Å². The molecule has 1 aromatic heterocycles. The van der Waals surface area contributed by atoms with Gasteiger partial charge >= 0.3 is 0 Å². The maximum absolute atomic E-state index is 5.63. The van der Waals surface area contributed by atoms with Gasteiger partial charge in [0.05, 0.1) is 5.69 Å². The number of H-pyrrole nitrogens is 1. The molecule has 4 nitrogen and oxygen atoms in total. The summed E-state index contributed by atoms with van der Waals surface area (Å²) in [5, 5.41) is 7.43. The van der Waals surface area contributed by atoms with Gasteiger partial charge in [-0.3, -0.25) is 5.10 Å². The van der Waals surface area contributed by atoms with Crippen LogP contribution < -0.4 is 0 Å². The van der Waals surface area contributed by atoms with E-state index in [-0.39, 0.29) is 5.54 Å². The van der Waals surface area contributed by atoms with Crippen LogP contribution in [0.1, 0.15) is 29.4 Å². The van der Waals surface area contributed by atoms with Crippen molar-refractivity contribution in [1.29, 1.82) is 0 Å². The number of nitrogens with zero attached hydrogens (tertiary/aromatic N) is 2. The van der Waals surface area contributed by atoms with E-state index in [1.807, 2.05) is 6.92 Å². The van der Waals surface area contributed by atoms with E-state index in [1.165, 1.54) is 22.3 Å². The zero-order valence-electron chi connectivity index (χ0n) is 12.7. The molecular formula is C17H19N3O. The molecule has 2 aromatic rings. The van der Waals surface area contributed by atoms with Crippen molar-refractivity contribution in [3.05, 3.63) is 40.7 Å². The number of aromatic amines is 1. The first-order chi connectivity index (χ1) is 10.1. The molecule has 0 fully saturated rings. The number of fused-ring (bicyclic) bond motifs is 1. The van der Waals surface area contributed by atoms with Gasteiger partial charge < -0.3 is 4.74 Å². The van der Waals surface area contributed by atoms with Crippen molar-refractivity contribution in [2.24, 2.45) is 4.99 Å². The Balaban J connectivity index is 1.84. The van der Waals surface area contributed by atoms with Crippen LogP contribution in [0.15, 0.2) is 23.2 Å². The molecule has 2 heterocycles. The molecule has 108 valence electrons. The van der Waals surface area contributed by atoms with Gasteiger partial charge in [0.25, 0.3) is 0 Å². The van der Waals surface area contributed by atoms with E-state index in [9.17, 15) is 0 Å². The number of aromatic nitrogens is 2. The second-order valence-corrected chi connectivity index (χ2v) is 6.25. The Hall–Kier alpha value is -2.10. The predicted octanol–water partition coefficient (Wildman–Crippen LogP) is 2.98. The van der Waals surface area contributed by atoms with Crippen molar-refractivity contribution in [2.45, 2.75) is 39.2 Å². The van der Waals surface area contributed by atoms with Crippen molar-refractivity contribution in [1.82, 2.24) is 10.2 Å². The summed E-state index contributed by atoms with van der Waals surface area (Å²) in [7, 11) is 0. The summed E-state index contributed by atoms with van der Waals surface area (Å²) in [6, 6.07) is 6.57. The monoisotopic (exact) mass is 281 g/mol. The number of hydrogen-bond donors (Lipinski definition) is 1.